The van der Waals surface area contributed by atoms with Crippen LogP contribution in [0.25, 0.3) is 0 Å². The van der Waals surface area contributed by atoms with Crippen LogP contribution in [0.4, 0.5) is 0 Å². The lowest BCUT2D eigenvalue weighted by Gasteiger charge is -2.22. The lowest BCUT2D eigenvalue weighted by Crippen LogP contribution is -2.27. The van der Waals surface area contributed by atoms with Crippen molar-refractivity contribution in [3.63, 3.8) is 0 Å². The fourth-order valence-corrected chi connectivity index (χ4v) is 1.98. The molecule has 17 heavy (non-hydrogen) atoms. The Balaban J connectivity index is 2.56. The average molecular weight is 235 g/mol. The molecule has 0 fully saturated rings. The molecule has 1 aromatic rings. The molecular weight excluding hydrogens is 210 g/mol. The number of rotatable bonds is 7. The molecular formula is C15H25NO. The van der Waals surface area contributed by atoms with E-state index in [0.717, 1.165) is 19.7 Å². The van der Waals surface area contributed by atoms with E-state index in [-0.39, 0.29) is 0 Å². The molecule has 1 N–H and O–H groups in total. The first kappa shape index (κ1) is 14.2. The normalized spacial score (nSPS) is 13.0. The van der Waals surface area contributed by atoms with Crippen LogP contribution in [-0.4, -0.2) is 26.8 Å². The number of nitrogens with one attached hydrogen (secondary N) is 1. The molecule has 0 heterocycles. The Morgan fingerprint density at radius 2 is 1.82 bits per heavy atom. The third-order valence-corrected chi connectivity index (χ3v) is 3.16. The number of benzene rings is 1. The van der Waals surface area contributed by atoms with Crippen LogP contribution in [0.5, 0.6) is 0 Å². The van der Waals surface area contributed by atoms with E-state index in [9.17, 15) is 0 Å². The van der Waals surface area contributed by atoms with Crippen molar-refractivity contribution in [2.45, 2.75) is 26.7 Å². The fraction of sp³-hybridized carbons (Fsp3) is 0.600. The Morgan fingerprint density at radius 1 is 1.18 bits per heavy atom. The van der Waals surface area contributed by atoms with Gasteiger partial charge in [0.1, 0.15) is 0 Å². The zero-order valence-corrected chi connectivity index (χ0v) is 11.5. The predicted octanol–water partition coefficient (Wildman–Crippen LogP) is 2.97. The van der Waals surface area contributed by atoms with Gasteiger partial charge in [-0.1, -0.05) is 43.7 Å². The monoisotopic (exact) mass is 235 g/mol. The van der Waals surface area contributed by atoms with Crippen LogP contribution in [0.3, 0.4) is 0 Å². The van der Waals surface area contributed by atoms with Crippen molar-refractivity contribution in [3.05, 3.63) is 35.4 Å². The molecule has 2 heteroatoms. The Morgan fingerprint density at radius 3 is 2.35 bits per heavy atom. The van der Waals surface area contributed by atoms with Crippen molar-refractivity contribution in [3.8, 4) is 0 Å². The highest BCUT2D eigenvalue weighted by atomic mass is 16.5. The maximum absolute atomic E-state index is 5.04. The van der Waals surface area contributed by atoms with E-state index in [1.54, 1.807) is 7.11 Å². The van der Waals surface area contributed by atoms with Gasteiger partial charge in [-0.2, -0.15) is 0 Å². The number of methoxy groups -OCH3 is 1. The predicted molar refractivity (Wildman–Crippen MR) is 73.5 cm³/mol. The third kappa shape index (κ3) is 4.88. The summed E-state index contributed by atoms with van der Waals surface area (Å²) in [6, 6.07) is 8.88. The Labute approximate surface area is 105 Å². The highest BCUT2D eigenvalue weighted by Gasteiger charge is 2.14. The van der Waals surface area contributed by atoms with E-state index in [1.165, 1.54) is 11.1 Å². The third-order valence-electron chi connectivity index (χ3n) is 3.16. The van der Waals surface area contributed by atoms with Crippen LogP contribution in [0.15, 0.2) is 24.3 Å². The van der Waals surface area contributed by atoms with E-state index >= 15 is 0 Å². The number of ether oxygens (including phenoxy) is 1. The van der Waals surface area contributed by atoms with E-state index < -0.39 is 0 Å². The summed E-state index contributed by atoms with van der Waals surface area (Å²) in [4.78, 5) is 0. The molecule has 0 amide bonds. The van der Waals surface area contributed by atoms with Crippen molar-refractivity contribution >= 4 is 0 Å². The van der Waals surface area contributed by atoms with E-state index in [1.807, 2.05) is 0 Å². The Bertz CT molecular complexity index is 305. The van der Waals surface area contributed by atoms with Gasteiger partial charge in [0.15, 0.2) is 0 Å². The van der Waals surface area contributed by atoms with Crippen LogP contribution in [-0.2, 0) is 4.74 Å². The summed E-state index contributed by atoms with van der Waals surface area (Å²) < 4.78 is 5.04. The van der Waals surface area contributed by atoms with Crippen LogP contribution in [0.2, 0.25) is 0 Å². The van der Waals surface area contributed by atoms with Crippen molar-refractivity contribution in [1.82, 2.24) is 5.32 Å². The minimum Gasteiger partial charge on any atom is -0.383 e. The molecule has 0 aliphatic rings. The van der Waals surface area contributed by atoms with E-state index in [0.29, 0.717) is 11.8 Å². The highest BCUT2D eigenvalue weighted by Crippen LogP contribution is 2.23. The number of hydrogen-bond acceptors (Lipinski definition) is 2. The van der Waals surface area contributed by atoms with Gasteiger partial charge in [-0.25, -0.2) is 0 Å². The molecule has 1 aromatic carbocycles. The first-order valence-corrected chi connectivity index (χ1v) is 6.41. The van der Waals surface area contributed by atoms with E-state index in [2.05, 4.69) is 50.4 Å². The molecule has 0 saturated carbocycles. The molecule has 1 atom stereocenters. The van der Waals surface area contributed by atoms with Gasteiger partial charge in [-0.05, 0) is 24.3 Å². The van der Waals surface area contributed by atoms with Gasteiger partial charge in [-0.3, -0.25) is 0 Å². The zero-order valence-electron chi connectivity index (χ0n) is 11.5. The quantitative estimate of drug-likeness (QED) is 0.734. The molecule has 0 aliphatic heterocycles. The highest BCUT2D eigenvalue weighted by molar-refractivity contribution is 5.25. The van der Waals surface area contributed by atoms with E-state index in [4.69, 9.17) is 4.74 Å². The molecule has 1 rings (SSSR count). The second-order valence-corrected chi connectivity index (χ2v) is 4.96. The largest absolute Gasteiger partial charge is 0.383 e. The SMILES string of the molecule is COCCNCC(c1ccc(C)cc1)C(C)C. The van der Waals surface area contributed by atoms with Crippen molar-refractivity contribution in [2.24, 2.45) is 5.92 Å². The molecule has 0 bridgehead atoms. The van der Waals surface area contributed by atoms with Crippen molar-refractivity contribution < 1.29 is 4.74 Å². The Hall–Kier alpha value is -0.860. The van der Waals surface area contributed by atoms with Crippen LogP contribution in [0, 0.1) is 12.8 Å². The van der Waals surface area contributed by atoms with Crippen LogP contribution < -0.4 is 5.32 Å². The minimum atomic E-state index is 0.576. The van der Waals surface area contributed by atoms with Gasteiger partial charge in [-0.15, -0.1) is 0 Å². The van der Waals surface area contributed by atoms with Gasteiger partial charge in [0, 0.05) is 20.2 Å². The van der Waals surface area contributed by atoms with Gasteiger partial charge in [0.2, 0.25) is 0 Å². The second kappa shape index (κ2) is 7.46. The lowest BCUT2D eigenvalue weighted by atomic mass is 9.88. The van der Waals surface area contributed by atoms with Crippen LogP contribution >= 0.6 is 0 Å². The maximum atomic E-state index is 5.04. The standard InChI is InChI=1S/C15H25NO/c1-12(2)15(11-16-9-10-17-4)14-7-5-13(3)6-8-14/h5-8,12,15-16H,9-11H2,1-4H3. The summed E-state index contributed by atoms with van der Waals surface area (Å²) in [7, 11) is 1.74. The van der Waals surface area contributed by atoms with Gasteiger partial charge in [0.05, 0.1) is 6.61 Å². The summed E-state index contributed by atoms with van der Waals surface area (Å²) in [5, 5.41) is 3.46. The van der Waals surface area contributed by atoms with Crippen molar-refractivity contribution in [1.29, 1.82) is 0 Å². The van der Waals surface area contributed by atoms with Crippen molar-refractivity contribution in [2.75, 3.05) is 26.8 Å². The topological polar surface area (TPSA) is 21.3 Å². The molecule has 0 aromatic heterocycles. The van der Waals surface area contributed by atoms with Gasteiger partial charge < -0.3 is 10.1 Å². The summed E-state index contributed by atoms with van der Waals surface area (Å²) in [6.45, 7) is 9.41. The smallest absolute Gasteiger partial charge is 0.0587 e. The molecule has 1 unspecified atom stereocenters. The molecule has 0 radical (unpaired) electrons. The summed E-state index contributed by atoms with van der Waals surface area (Å²) in [5.74, 6) is 1.22. The summed E-state index contributed by atoms with van der Waals surface area (Å²) in [5.41, 5.74) is 2.75. The Kier molecular flexibility index (Phi) is 6.23. The summed E-state index contributed by atoms with van der Waals surface area (Å²) >= 11 is 0. The first-order chi connectivity index (χ1) is 8.15. The second-order valence-electron chi connectivity index (χ2n) is 4.96. The molecule has 0 saturated heterocycles. The summed E-state index contributed by atoms with van der Waals surface area (Å²) in [6.07, 6.45) is 0. The van der Waals surface area contributed by atoms with Crippen LogP contribution in [0.1, 0.15) is 30.9 Å². The maximum Gasteiger partial charge on any atom is 0.0587 e. The molecule has 0 spiro atoms. The fourth-order valence-electron chi connectivity index (χ4n) is 1.98. The zero-order chi connectivity index (χ0) is 12.7. The number of hydrogen-bond donors (Lipinski definition) is 1. The lowest BCUT2D eigenvalue weighted by molar-refractivity contribution is 0.198. The molecule has 0 aliphatic carbocycles. The molecule has 2 nitrogen and oxygen atoms in total. The minimum absolute atomic E-state index is 0.576. The average Bonchev–Trinajstić information content (AvgIpc) is 2.30. The van der Waals surface area contributed by atoms with Gasteiger partial charge >= 0.3 is 0 Å². The molecule has 96 valence electrons. The number of aryl methyl sites for hydroxylation is 1. The van der Waals surface area contributed by atoms with Gasteiger partial charge in [0.25, 0.3) is 0 Å². The first-order valence-electron chi connectivity index (χ1n) is 6.41.